The zero-order valence-electron chi connectivity index (χ0n) is 11.9. The predicted molar refractivity (Wildman–Crippen MR) is 75.8 cm³/mol. The number of aryl methyl sites for hydroxylation is 1. The molecule has 1 saturated heterocycles. The molecule has 3 nitrogen and oxygen atoms in total. The summed E-state index contributed by atoms with van der Waals surface area (Å²) >= 11 is 0. The average Bonchev–Trinajstić information content (AvgIpc) is 2.74. The van der Waals surface area contributed by atoms with E-state index in [9.17, 15) is 8.78 Å². The zero-order valence-corrected chi connectivity index (χ0v) is 11.9. The molecule has 1 aromatic heterocycles. The molecule has 1 aromatic carbocycles. The minimum atomic E-state index is -0.547. The van der Waals surface area contributed by atoms with E-state index < -0.39 is 11.6 Å². The van der Waals surface area contributed by atoms with Crippen LogP contribution in [-0.4, -0.2) is 15.8 Å². The lowest BCUT2D eigenvalue weighted by Crippen LogP contribution is -2.42. The maximum absolute atomic E-state index is 13.5. The second-order valence-corrected chi connectivity index (χ2v) is 6.05. The van der Waals surface area contributed by atoms with Gasteiger partial charge in [-0.25, -0.2) is 8.78 Å². The van der Waals surface area contributed by atoms with E-state index in [4.69, 9.17) is 0 Å². The Morgan fingerprint density at radius 2 is 1.95 bits per heavy atom. The van der Waals surface area contributed by atoms with E-state index >= 15 is 0 Å². The number of hydrogen-bond donors (Lipinski definition) is 1. The largest absolute Gasteiger partial charge is 0.305 e. The van der Waals surface area contributed by atoms with Crippen molar-refractivity contribution in [3.05, 3.63) is 41.1 Å². The van der Waals surface area contributed by atoms with E-state index in [1.165, 1.54) is 18.6 Å². The molecule has 5 heteroatoms. The second kappa shape index (κ2) is 4.63. The zero-order chi connectivity index (χ0) is 14.6. The van der Waals surface area contributed by atoms with Crippen LogP contribution in [0.4, 0.5) is 8.78 Å². The summed E-state index contributed by atoms with van der Waals surface area (Å²) in [5, 5.41) is 8.22. The molecule has 1 N–H and O–H groups in total. The molecule has 2 aliphatic heterocycles. The van der Waals surface area contributed by atoms with Crippen LogP contribution in [0.3, 0.4) is 0 Å². The third kappa shape index (κ3) is 2.07. The average molecular weight is 289 g/mol. The SMILES string of the molecule is Cn1nc2c(c1-c1cc(F)cc(F)c1)C[C@@H]1CCC[C@H]2N1. The number of nitrogens with one attached hydrogen (secondary N) is 1. The van der Waals surface area contributed by atoms with Crippen LogP contribution in [0.5, 0.6) is 0 Å². The molecule has 2 aromatic rings. The molecule has 0 aliphatic carbocycles. The van der Waals surface area contributed by atoms with Gasteiger partial charge in [-0.15, -0.1) is 0 Å². The summed E-state index contributed by atoms with van der Waals surface area (Å²) < 4.78 is 28.8. The van der Waals surface area contributed by atoms with Gasteiger partial charge >= 0.3 is 0 Å². The molecular formula is C16H17F2N3. The van der Waals surface area contributed by atoms with Crippen LogP contribution in [-0.2, 0) is 13.5 Å². The number of halogens is 2. The van der Waals surface area contributed by atoms with E-state index in [0.717, 1.165) is 42.3 Å². The lowest BCUT2D eigenvalue weighted by atomic mass is 9.84. The van der Waals surface area contributed by atoms with E-state index in [0.29, 0.717) is 11.6 Å². The quantitative estimate of drug-likeness (QED) is 0.874. The molecule has 1 fully saturated rings. The van der Waals surface area contributed by atoms with Gasteiger partial charge in [0.1, 0.15) is 11.6 Å². The molecule has 0 amide bonds. The predicted octanol–water partition coefficient (Wildman–Crippen LogP) is 3.10. The Bertz CT molecular complexity index is 688. The summed E-state index contributed by atoms with van der Waals surface area (Å²) in [5.41, 5.74) is 3.62. The summed E-state index contributed by atoms with van der Waals surface area (Å²) in [6.45, 7) is 0. The first-order valence-corrected chi connectivity index (χ1v) is 7.40. The maximum Gasteiger partial charge on any atom is 0.126 e. The third-order valence-electron chi connectivity index (χ3n) is 4.58. The molecule has 2 atom stereocenters. The van der Waals surface area contributed by atoms with Crippen LogP contribution in [0, 0.1) is 11.6 Å². The van der Waals surface area contributed by atoms with Crippen LogP contribution in [0.25, 0.3) is 11.3 Å². The van der Waals surface area contributed by atoms with Gasteiger partial charge in [-0.3, -0.25) is 4.68 Å². The first-order chi connectivity index (χ1) is 10.1. The topological polar surface area (TPSA) is 29.9 Å². The highest BCUT2D eigenvalue weighted by molar-refractivity contribution is 5.66. The molecule has 0 unspecified atom stereocenters. The summed E-state index contributed by atoms with van der Waals surface area (Å²) in [6, 6.07) is 4.42. The molecule has 110 valence electrons. The van der Waals surface area contributed by atoms with Crippen molar-refractivity contribution < 1.29 is 8.78 Å². The Balaban J connectivity index is 1.88. The van der Waals surface area contributed by atoms with Gasteiger partial charge in [0.2, 0.25) is 0 Å². The van der Waals surface area contributed by atoms with Crippen molar-refractivity contribution in [3.8, 4) is 11.3 Å². The van der Waals surface area contributed by atoms with Crippen LogP contribution in [0.2, 0.25) is 0 Å². The number of hydrogen-bond acceptors (Lipinski definition) is 2. The van der Waals surface area contributed by atoms with Crippen LogP contribution < -0.4 is 5.32 Å². The molecular weight excluding hydrogens is 272 g/mol. The number of aromatic nitrogens is 2. The fourth-order valence-corrected chi connectivity index (χ4v) is 3.76. The molecule has 4 rings (SSSR count). The number of nitrogens with zero attached hydrogens (tertiary/aromatic N) is 2. The number of rotatable bonds is 1. The van der Waals surface area contributed by atoms with Crippen molar-refractivity contribution >= 4 is 0 Å². The number of benzene rings is 1. The van der Waals surface area contributed by atoms with Gasteiger partial charge in [0.25, 0.3) is 0 Å². The van der Waals surface area contributed by atoms with E-state index in [1.54, 1.807) is 4.68 Å². The highest BCUT2D eigenvalue weighted by Gasteiger charge is 2.34. The Kier molecular flexibility index (Phi) is 2.85. The van der Waals surface area contributed by atoms with Crippen molar-refractivity contribution in [2.75, 3.05) is 0 Å². The van der Waals surface area contributed by atoms with Gasteiger partial charge in [-0.2, -0.15) is 5.10 Å². The standard InChI is InChI=1S/C16H17F2N3/c1-21-16(9-5-10(17)7-11(18)6-9)13-8-12-3-2-4-14(19-12)15(13)20-21/h5-7,12,14,19H,2-4,8H2,1H3/t12-,14+/m0/s1. The fraction of sp³-hybridized carbons (Fsp3) is 0.438. The molecule has 21 heavy (non-hydrogen) atoms. The summed E-state index contributed by atoms with van der Waals surface area (Å²) in [5.74, 6) is -1.09. The summed E-state index contributed by atoms with van der Waals surface area (Å²) in [4.78, 5) is 0. The molecule has 0 spiro atoms. The second-order valence-electron chi connectivity index (χ2n) is 6.05. The van der Waals surface area contributed by atoms with Gasteiger partial charge < -0.3 is 5.32 Å². The highest BCUT2D eigenvalue weighted by Crippen LogP contribution is 2.38. The number of piperidine rings is 1. The lowest BCUT2D eigenvalue weighted by Gasteiger charge is -2.35. The lowest BCUT2D eigenvalue weighted by molar-refractivity contribution is 0.297. The van der Waals surface area contributed by atoms with Crippen molar-refractivity contribution in [1.29, 1.82) is 0 Å². The van der Waals surface area contributed by atoms with Crippen molar-refractivity contribution in [2.45, 2.75) is 37.8 Å². The van der Waals surface area contributed by atoms with E-state index in [1.807, 2.05) is 7.05 Å². The smallest absolute Gasteiger partial charge is 0.126 e. The maximum atomic E-state index is 13.5. The van der Waals surface area contributed by atoms with E-state index in [2.05, 4.69) is 10.4 Å². The van der Waals surface area contributed by atoms with Gasteiger partial charge in [-0.1, -0.05) is 0 Å². The summed E-state index contributed by atoms with van der Waals surface area (Å²) in [7, 11) is 1.85. The van der Waals surface area contributed by atoms with Gasteiger partial charge in [0.15, 0.2) is 0 Å². The highest BCUT2D eigenvalue weighted by atomic mass is 19.1. The van der Waals surface area contributed by atoms with Crippen molar-refractivity contribution in [1.82, 2.24) is 15.1 Å². The molecule has 0 radical (unpaired) electrons. The molecule has 3 heterocycles. The Morgan fingerprint density at radius 1 is 1.19 bits per heavy atom. The van der Waals surface area contributed by atoms with Gasteiger partial charge in [0, 0.05) is 30.3 Å². The Labute approximate surface area is 122 Å². The molecule has 0 saturated carbocycles. The minimum absolute atomic E-state index is 0.283. The molecule has 2 bridgehead atoms. The summed E-state index contributed by atoms with van der Waals surface area (Å²) in [6.07, 6.45) is 4.33. The van der Waals surface area contributed by atoms with Gasteiger partial charge in [-0.05, 0) is 37.8 Å². The fourth-order valence-electron chi connectivity index (χ4n) is 3.76. The minimum Gasteiger partial charge on any atom is -0.305 e. The first kappa shape index (κ1) is 13.0. The van der Waals surface area contributed by atoms with Gasteiger partial charge in [0.05, 0.1) is 17.4 Å². The first-order valence-electron chi connectivity index (χ1n) is 7.40. The molecule has 2 aliphatic rings. The van der Waals surface area contributed by atoms with Crippen molar-refractivity contribution in [2.24, 2.45) is 7.05 Å². The van der Waals surface area contributed by atoms with Crippen LogP contribution in [0.1, 0.15) is 36.6 Å². The normalized spacial score (nSPS) is 24.0. The monoisotopic (exact) mass is 289 g/mol. The Morgan fingerprint density at radius 3 is 2.71 bits per heavy atom. The van der Waals surface area contributed by atoms with Crippen molar-refractivity contribution in [3.63, 3.8) is 0 Å². The number of fused-ring (bicyclic) bond motifs is 4. The van der Waals surface area contributed by atoms with Crippen LogP contribution >= 0.6 is 0 Å². The Hall–Kier alpha value is -1.75. The third-order valence-corrected chi connectivity index (χ3v) is 4.58. The van der Waals surface area contributed by atoms with E-state index in [-0.39, 0.29) is 6.04 Å². The van der Waals surface area contributed by atoms with Crippen LogP contribution in [0.15, 0.2) is 18.2 Å².